The zero-order chi connectivity index (χ0) is 18.3. The molecule has 26 heavy (non-hydrogen) atoms. The van der Waals surface area contributed by atoms with E-state index in [2.05, 4.69) is 22.0 Å². The highest BCUT2D eigenvalue weighted by molar-refractivity contribution is 6.30. The van der Waals surface area contributed by atoms with Crippen molar-refractivity contribution in [2.45, 2.75) is 6.92 Å². The van der Waals surface area contributed by atoms with Gasteiger partial charge in [-0.2, -0.15) is 5.10 Å². The smallest absolute Gasteiger partial charge is 0.257 e. The van der Waals surface area contributed by atoms with Crippen molar-refractivity contribution in [2.24, 2.45) is 0 Å². The number of fused-ring (bicyclic) bond motifs is 1. The van der Waals surface area contributed by atoms with Gasteiger partial charge in [0.05, 0.1) is 17.5 Å². The molecule has 0 bridgehead atoms. The summed E-state index contributed by atoms with van der Waals surface area (Å²) in [5.74, 6) is 0.0183. The van der Waals surface area contributed by atoms with E-state index in [1.807, 2.05) is 36.1 Å². The first kappa shape index (κ1) is 17.0. The van der Waals surface area contributed by atoms with Crippen molar-refractivity contribution in [3.63, 3.8) is 0 Å². The molecule has 2 aromatic heterocycles. The first-order chi connectivity index (χ1) is 12.5. The van der Waals surface area contributed by atoms with Crippen molar-refractivity contribution in [1.29, 1.82) is 0 Å². The van der Waals surface area contributed by atoms with E-state index in [9.17, 15) is 4.79 Å². The van der Waals surface area contributed by atoms with Crippen LogP contribution < -0.4 is 0 Å². The average molecular weight is 370 g/mol. The monoisotopic (exact) mass is 369 g/mol. The third kappa shape index (κ3) is 2.95. The molecule has 0 spiro atoms. The quantitative estimate of drug-likeness (QED) is 0.697. The number of carbonyl (C=O) groups is 1. The molecule has 4 rings (SSSR count). The van der Waals surface area contributed by atoms with Gasteiger partial charge in [0.1, 0.15) is 0 Å². The van der Waals surface area contributed by atoms with E-state index in [1.54, 1.807) is 16.9 Å². The minimum Gasteiger partial charge on any atom is -0.336 e. The van der Waals surface area contributed by atoms with Gasteiger partial charge in [-0.25, -0.2) is 9.50 Å². The largest absolute Gasteiger partial charge is 0.336 e. The van der Waals surface area contributed by atoms with Crippen LogP contribution in [0.3, 0.4) is 0 Å². The van der Waals surface area contributed by atoms with Crippen molar-refractivity contribution >= 4 is 23.2 Å². The van der Waals surface area contributed by atoms with Crippen LogP contribution in [-0.4, -0.2) is 63.5 Å². The number of hydrogen-bond acceptors (Lipinski definition) is 4. The summed E-state index contributed by atoms with van der Waals surface area (Å²) < 4.78 is 1.74. The van der Waals surface area contributed by atoms with Gasteiger partial charge in [0, 0.05) is 43.0 Å². The molecule has 0 N–H and O–H groups in total. The van der Waals surface area contributed by atoms with Crippen molar-refractivity contribution in [2.75, 3.05) is 33.2 Å². The van der Waals surface area contributed by atoms with Gasteiger partial charge in [-0.1, -0.05) is 23.7 Å². The summed E-state index contributed by atoms with van der Waals surface area (Å²) >= 11 is 6.11. The number of halogens is 1. The van der Waals surface area contributed by atoms with E-state index in [-0.39, 0.29) is 5.91 Å². The van der Waals surface area contributed by atoms with Crippen LogP contribution in [0.25, 0.3) is 16.8 Å². The van der Waals surface area contributed by atoms with E-state index in [0.29, 0.717) is 10.6 Å². The van der Waals surface area contributed by atoms with Crippen LogP contribution in [0, 0.1) is 6.92 Å². The van der Waals surface area contributed by atoms with Crippen LogP contribution >= 0.6 is 11.6 Å². The summed E-state index contributed by atoms with van der Waals surface area (Å²) in [5.41, 5.74) is 3.97. The van der Waals surface area contributed by atoms with E-state index >= 15 is 0 Å². The molecule has 1 fully saturated rings. The first-order valence-electron chi connectivity index (χ1n) is 8.61. The number of piperazine rings is 1. The number of nitrogens with zero attached hydrogens (tertiary/aromatic N) is 5. The summed E-state index contributed by atoms with van der Waals surface area (Å²) in [7, 11) is 2.07. The highest BCUT2D eigenvalue weighted by Crippen LogP contribution is 2.27. The number of likely N-dealkylation sites (N-methyl/N-ethyl adjacent to an activating group) is 1. The normalized spacial score (nSPS) is 15.6. The summed E-state index contributed by atoms with van der Waals surface area (Å²) in [4.78, 5) is 21.6. The lowest BCUT2D eigenvalue weighted by Gasteiger charge is -2.32. The molecule has 0 saturated carbocycles. The molecule has 1 aliphatic heterocycles. The molecule has 0 atom stereocenters. The Balaban J connectivity index is 1.71. The van der Waals surface area contributed by atoms with Gasteiger partial charge in [0.2, 0.25) is 0 Å². The van der Waals surface area contributed by atoms with Crippen molar-refractivity contribution < 1.29 is 4.79 Å². The van der Waals surface area contributed by atoms with Crippen LogP contribution in [0.5, 0.6) is 0 Å². The summed E-state index contributed by atoms with van der Waals surface area (Å²) in [5, 5.41) is 5.12. The van der Waals surface area contributed by atoms with Crippen LogP contribution in [0.4, 0.5) is 0 Å². The molecule has 0 unspecified atom stereocenters. The number of rotatable bonds is 2. The van der Waals surface area contributed by atoms with Crippen molar-refractivity contribution in [3.05, 3.63) is 52.9 Å². The molecule has 1 aromatic carbocycles. The van der Waals surface area contributed by atoms with Gasteiger partial charge in [-0.15, -0.1) is 0 Å². The molecular weight excluding hydrogens is 350 g/mol. The van der Waals surface area contributed by atoms with Crippen LogP contribution in [-0.2, 0) is 0 Å². The van der Waals surface area contributed by atoms with Gasteiger partial charge >= 0.3 is 0 Å². The lowest BCUT2D eigenvalue weighted by Crippen LogP contribution is -2.47. The molecule has 1 saturated heterocycles. The molecule has 3 aromatic rings. The lowest BCUT2D eigenvalue weighted by atomic mass is 10.1. The third-order valence-corrected chi connectivity index (χ3v) is 5.16. The molecular formula is C19H20ClN5O. The third-order valence-electron chi connectivity index (χ3n) is 4.92. The van der Waals surface area contributed by atoms with E-state index < -0.39 is 0 Å². The zero-order valence-corrected chi connectivity index (χ0v) is 15.6. The van der Waals surface area contributed by atoms with Gasteiger partial charge in [-0.3, -0.25) is 4.79 Å². The number of benzene rings is 1. The average Bonchev–Trinajstić information content (AvgIpc) is 3.07. The second-order valence-electron chi connectivity index (χ2n) is 6.66. The van der Waals surface area contributed by atoms with Crippen molar-refractivity contribution in [1.82, 2.24) is 24.4 Å². The Bertz CT molecular complexity index is 975. The Hall–Kier alpha value is -2.44. The molecule has 134 valence electrons. The standard InChI is InChI=1S/C19H20ClN5O/c1-13-16(19(26)24-8-6-23(2)7-9-24)11-21-18-17(12-22-25(13)18)14-4-3-5-15(20)10-14/h3-5,10-12H,6-9H2,1-2H3. The van der Waals surface area contributed by atoms with Gasteiger partial charge in [-0.05, 0) is 31.7 Å². The fourth-order valence-corrected chi connectivity index (χ4v) is 3.48. The maximum Gasteiger partial charge on any atom is 0.257 e. The topological polar surface area (TPSA) is 53.7 Å². The van der Waals surface area contributed by atoms with E-state index in [4.69, 9.17) is 11.6 Å². The number of aromatic nitrogens is 3. The maximum absolute atomic E-state index is 12.9. The second-order valence-corrected chi connectivity index (χ2v) is 7.09. The second kappa shape index (κ2) is 6.70. The highest BCUT2D eigenvalue weighted by atomic mass is 35.5. The predicted molar refractivity (Wildman–Crippen MR) is 102 cm³/mol. The van der Waals surface area contributed by atoms with Gasteiger partial charge in [0.25, 0.3) is 5.91 Å². The molecule has 1 amide bonds. The summed E-state index contributed by atoms with van der Waals surface area (Å²) in [6.45, 7) is 5.16. The molecule has 6 nitrogen and oxygen atoms in total. The number of aryl methyl sites for hydroxylation is 1. The SMILES string of the molecule is Cc1c(C(=O)N2CCN(C)CC2)cnc2c(-c3cccc(Cl)c3)cnn12. The van der Waals surface area contributed by atoms with E-state index in [1.165, 1.54) is 0 Å². The number of hydrogen-bond donors (Lipinski definition) is 0. The zero-order valence-electron chi connectivity index (χ0n) is 14.8. The number of amides is 1. The van der Waals surface area contributed by atoms with Gasteiger partial charge in [0.15, 0.2) is 5.65 Å². The van der Waals surface area contributed by atoms with Crippen LogP contribution in [0.15, 0.2) is 36.7 Å². The van der Waals surface area contributed by atoms with Gasteiger partial charge < -0.3 is 9.80 Å². The lowest BCUT2D eigenvalue weighted by molar-refractivity contribution is 0.0662. The fourth-order valence-electron chi connectivity index (χ4n) is 3.29. The Morgan fingerprint density at radius 2 is 1.92 bits per heavy atom. The Morgan fingerprint density at radius 3 is 2.65 bits per heavy atom. The Kier molecular flexibility index (Phi) is 4.38. The predicted octanol–water partition coefficient (Wildman–Crippen LogP) is 2.75. The minimum absolute atomic E-state index is 0.0183. The number of carbonyl (C=O) groups excluding carboxylic acids is 1. The van der Waals surface area contributed by atoms with E-state index in [0.717, 1.165) is 48.6 Å². The molecule has 1 aliphatic rings. The fraction of sp³-hybridized carbons (Fsp3) is 0.316. The Labute approximate surface area is 157 Å². The summed E-state index contributed by atoms with van der Waals surface area (Å²) in [6.07, 6.45) is 3.44. The van der Waals surface area contributed by atoms with Crippen molar-refractivity contribution in [3.8, 4) is 11.1 Å². The van der Waals surface area contributed by atoms with Crippen LogP contribution in [0.2, 0.25) is 5.02 Å². The molecule has 3 heterocycles. The maximum atomic E-state index is 12.9. The minimum atomic E-state index is 0.0183. The summed E-state index contributed by atoms with van der Waals surface area (Å²) in [6, 6.07) is 7.60. The molecule has 0 aliphatic carbocycles. The Morgan fingerprint density at radius 1 is 1.15 bits per heavy atom. The molecule has 0 radical (unpaired) electrons. The molecule has 7 heteroatoms. The highest BCUT2D eigenvalue weighted by Gasteiger charge is 2.23. The first-order valence-corrected chi connectivity index (χ1v) is 8.99. The van der Waals surface area contributed by atoms with Crippen LogP contribution in [0.1, 0.15) is 16.1 Å².